The molecule has 80 valence electrons. The highest BCUT2D eigenvalue weighted by atomic mass is 16.5. The van der Waals surface area contributed by atoms with Crippen LogP contribution in [0.25, 0.3) is 0 Å². The molecule has 0 heterocycles. The van der Waals surface area contributed by atoms with Crippen LogP contribution in [0.5, 0.6) is 5.75 Å². The normalized spacial score (nSPS) is 9.33. The SMILES string of the molecule is NC(=O)NC(=O)CCOc1ccccc1. The first-order chi connectivity index (χ1) is 7.18. The van der Waals surface area contributed by atoms with Crippen LogP contribution in [0.1, 0.15) is 6.42 Å². The molecule has 5 nitrogen and oxygen atoms in total. The van der Waals surface area contributed by atoms with E-state index in [9.17, 15) is 9.59 Å². The zero-order valence-corrected chi connectivity index (χ0v) is 8.10. The number of carbonyl (C=O) groups excluding carboxylic acids is 2. The fourth-order valence-corrected chi connectivity index (χ4v) is 0.978. The van der Waals surface area contributed by atoms with Crippen LogP contribution in [0.15, 0.2) is 30.3 Å². The number of hydrogen-bond acceptors (Lipinski definition) is 3. The van der Waals surface area contributed by atoms with E-state index < -0.39 is 11.9 Å². The monoisotopic (exact) mass is 208 g/mol. The molecular weight excluding hydrogens is 196 g/mol. The number of urea groups is 1. The smallest absolute Gasteiger partial charge is 0.318 e. The highest BCUT2D eigenvalue weighted by molar-refractivity contribution is 5.93. The quantitative estimate of drug-likeness (QED) is 0.762. The molecule has 0 aliphatic carbocycles. The summed E-state index contributed by atoms with van der Waals surface area (Å²) in [6.45, 7) is 0.211. The second-order valence-electron chi connectivity index (χ2n) is 2.82. The van der Waals surface area contributed by atoms with Crippen molar-refractivity contribution in [2.24, 2.45) is 5.73 Å². The van der Waals surface area contributed by atoms with Crippen LogP contribution >= 0.6 is 0 Å². The van der Waals surface area contributed by atoms with Crippen LogP contribution < -0.4 is 15.8 Å². The highest BCUT2D eigenvalue weighted by Crippen LogP contribution is 2.08. The Morgan fingerprint density at radius 1 is 1.27 bits per heavy atom. The molecular formula is C10H12N2O3. The lowest BCUT2D eigenvalue weighted by atomic mass is 10.3. The van der Waals surface area contributed by atoms with Gasteiger partial charge in [0, 0.05) is 0 Å². The molecule has 0 aromatic heterocycles. The molecule has 0 saturated carbocycles. The number of benzene rings is 1. The van der Waals surface area contributed by atoms with Gasteiger partial charge in [0.05, 0.1) is 13.0 Å². The van der Waals surface area contributed by atoms with Crippen LogP contribution in [0, 0.1) is 0 Å². The number of carbonyl (C=O) groups is 2. The van der Waals surface area contributed by atoms with E-state index in [-0.39, 0.29) is 13.0 Å². The van der Waals surface area contributed by atoms with Crippen LogP contribution in [0.2, 0.25) is 0 Å². The maximum Gasteiger partial charge on any atom is 0.318 e. The number of ether oxygens (including phenoxy) is 1. The zero-order valence-electron chi connectivity index (χ0n) is 8.10. The maximum atomic E-state index is 11.0. The van der Waals surface area contributed by atoms with Gasteiger partial charge in [-0.05, 0) is 12.1 Å². The first-order valence-electron chi connectivity index (χ1n) is 4.45. The van der Waals surface area contributed by atoms with E-state index in [4.69, 9.17) is 10.5 Å². The summed E-state index contributed by atoms with van der Waals surface area (Å²) >= 11 is 0. The maximum absolute atomic E-state index is 11.0. The number of rotatable bonds is 4. The van der Waals surface area contributed by atoms with Gasteiger partial charge in [0.1, 0.15) is 5.75 Å². The van der Waals surface area contributed by atoms with E-state index in [1.54, 1.807) is 12.1 Å². The van der Waals surface area contributed by atoms with Gasteiger partial charge in [-0.15, -0.1) is 0 Å². The molecule has 5 heteroatoms. The van der Waals surface area contributed by atoms with Gasteiger partial charge in [0.2, 0.25) is 5.91 Å². The van der Waals surface area contributed by atoms with Gasteiger partial charge in [-0.25, -0.2) is 4.79 Å². The topological polar surface area (TPSA) is 81.4 Å². The van der Waals surface area contributed by atoms with Crippen molar-refractivity contribution >= 4 is 11.9 Å². The molecule has 0 spiro atoms. The Kier molecular flexibility index (Phi) is 4.15. The number of primary amides is 1. The Morgan fingerprint density at radius 2 is 1.93 bits per heavy atom. The summed E-state index contributed by atoms with van der Waals surface area (Å²) in [5, 5.41) is 1.95. The second-order valence-corrected chi connectivity index (χ2v) is 2.82. The minimum absolute atomic E-state index is 0.0951. The van der Waals surface area contributed by atoms with Gasteiger partial charge >= 0.3 is 6.03 Å². The van der Waals surface area contributed by atoms with Gasteiger partial charge in [0.25, 0.3) is 0 Å². The number of nitrogens with one attached hydrogen (secondary N) is 1. The van der Waals surface area contributed by atoms with Crippen molar-refractivity contribution < 1.29 is 14.3 Å². The fourth-order valence-electron chi connectivity index (χ4n) is 0.978. The average molecular weight is 208 g/mol. The Morgan fingerprint density at radius 3 is 2.53 bits per heavy atom. The van der Waals surface area contributed by atoms with E-state index in [1.165, 1.54) is 0 Å². The molecule has 0 saturated heterocycles. The number of hydrogen-bond donors (Lipinski definition) is 2. The Bertz CT molecular complexity index is 338. The van der Waals surface area contributed by atoms with E-state index in [1.807, 2.05) is 23.5 Å². The predicted octanol–water partition coefficient (Wildman–Crippen LogP) is 0.650. The standard InChI is InChI=1S/C10H12N2O3/c11-10(14)12-9(13)6-7-15-8-4-2-1-3-5-8/h1-5H,6-7H2,(H3,11,12,13,14). The lowest BCUT2D eigenvalue weighted by molar-refractivity contribution is -0.120. The van der Waals surface area contributed by atoms with Crippen molar-refractivity contribution in [2.75, 3.05) is 6.61 Å². The van der Waals surface area contributed by atoms with Crippen molar-refractivity contribution in [3.05, 3.63) is 30.3 Å². The molecule has 0 aliphatic heterocycles. The third kappa shape index (κ3) is 4.66. The molecule has 15 heavy (non-hydrogen) atoms. The van der Waals surface area contributed by atoms with Crippen LogP contribution in [0.4, 0.5) is 4.79 Å². The van der Waals surface area contributed by atoms with Crippen molar-refractivity contribution in [2.45, 2.75) is 6.42 Å². The van der Waals surface area contributed by atoms with Crippen LogP contribution in [-0.4, -0.2) is 18.5 Å². The Balaban J connectivity index is 2.22. The largest absolute Gasteiger partial charge is 0.493 e. The molecule has 0 bridgehead atoms. The summed E-state index contributed by atoms with van der Waals surface area (Å²) in [4.78, 5) is 21.2. The van der Waals surface area contributed by atoms with E-state index in [0.29, 0.717) is 5.75 Å². The first kappa shape index (κ1) is 11.0. The molecule has 0 fully saturated rings. The molecule has 3 N–H and O–H groups in total. The van der Waals surface area contributed by atoms with E-state index in [0.717, 1.165) is 0 Å². The van der Waals surface area contributed by atoms with E-state index >= 15 is 0 Å². The average Bonchev–Trinajstić information content (AvgIpc) is 2.18. The summed E-state index contributed by atoms with van der Waals surface area (Å²) in [6.07, 6.45) is 0.0951. The Labute approximate surface area is 87.2 Å². The molecule has 0 unspecified atom stereocenters. The zero-order chi connectivity index (χ0) is 11.1. The summed E-state index contributed by atoms with van der Waals surface area (Å²) in [5.74, 6) is 0.239. The van der Waals surface area contributed by atoms with E-state index in [2.05, 4.69) is 0 Å². The summed E-state index contributed by atoms with van der Waals surface area (Å²) in [6, 6.07) is 8.25. The third-order valence-electron chi connectivity index (χ3n) is 1.60. The predicted molar refractivity (Wildman–Crippen MR) is 54.3 cm³/mol. The van der Waals surface area contributed by atoms with Crippen LogP contribution in [-0.2, 0) is 4.79 Å². The summed E-state index contributed by atoms with van der Waals surface area (Å²) < 4.78 is 5.25. The number of amides is 3. The number of imide groups is 1. The van der Waals surface area contributed by atoms with Gasteiger partial charge in [-0.2, -0.15) is 0 Å². The molecule has 0 radical (unpaired) electrons. The Hall–Kier alpha value is -2.04. The third-order valence-corrected chi connectivity index (χ3v) is 1.60. The minimum Gasteiger partial charge on any atom is -0.493 e. The van der Waals surface area contributed by atoms with Gasteiger partial charge in [-0.1, -0.05) is 18.2 Å². The first-order valence-corrected chi connectivity index (χ1v) is 4.45. The van der Waals surface area contributed by atoms with Crippen LogP contribution in [0.3, 0.4) is 0 Å². The number of para-hydroxylation sites is 1. The number of nitrogens with two attached hydrogens (primary N) is 1. The molecule has 1 aromatic rings. The van der Waals surface area contributed by atoms with Gasteiger partial charge in [-0.3, -0.25) is 10.1 Å². The summed E-state index contributed by atoms with van der Waals surface area (Å²) in [7, 11) is 0. The molecule has 0 aliphatic rings. The minimum atomic E-state index is -0.847. The van der Waals surface area contributed by atoms with Crippen molar-refractivity contribution in [3.8, 4) is 5.75 Å². The highest BCUT2D eigenvalue weighted by Gasteiger charge is 2.03. The molecule has 1 aromatic carbocycles. The van der Waals surface area contributed by atoms with Crippen molar-refractivity contribution in [1.29, 1.82) is 0 Å². The lowest BCUT2D eigenvalue weighted by Gasteiger charge is -2.04. The van der Waals surface area contributed by atoms with Gasteiger partial charge in [0.15, 0.2) is 0 Å². The molecule has 0 atom stereocenters. The second kappa shape index (κ2) is 5.64. The summed E-state index contributed by atoms with van der Waals surface area (Å²) in [5.41, 5.74) is 4.76. The van der Waals surface area contributed by atoms with Gasteiger partial charge < -0.3 is 10.5 Å². The lowest BCUT2D eigenvalue weighted by Crippen LogP contribution is -2.35. The molecule has 3 amide bonds. The molecule has 1 rings (SSSR count). The fraction of sp³-hybridized carbons (Fsp3) is 0.200. The van der Waals surface area contributed by atoms with Crippen molar-refractivity contribution in [3.63, 3.8) is 0 Å². The van der Waals surface area contributed by atoms with Crippen molar-refractivity contribution in [1.82, 2.24) is 5.32 Å².